The predicted molar refractivity (Wildman–Crippen MR) is 178 cm³/mol. The fraction of sp³-hybridized carbons (Fsp3) is 0.471. The van der Waals surface area contributed by atoms with Gasteiger partial charge in [0.1, 0.15) is 0 Å². The number of carbonyl (C=O) groups excluding carboxylic acids is 2. The topological polar surface area (TPSA) is 102 Å². The molecule has 1 fully saturated rings. The first-order valence-electron chi connectivity index (χ1n) is 15.5. The van der Waals surface area contributed by atoms with E-state index in [1.165, 1.54) is 0 Å². The molecular weight excluding hydrogens is 572 g/mol. The average Bonchev–Trinajstić information content (AvgIpc) is 3.01. The summed E-state index contributed by atoms with van der Waals surface area (Å²) in [5.41, 5.74) is 2.57. The van der Waals surface area contributed by atoms with Crippen molar-refractivity contribution in [3.8, 4) is 11.3 Å². The molecule has 0 radical (unpaired) electrons. The third-order valence-corrected chi connectivity index (χ3v) is 8.73. The van der Waals surface area contributed by atoms with Gasteiger partial charge in [-0.2, -0.15) is 0 Å². The second-order valence-corrected chi connectivity index (χ2v) is 13.2. The molecule has 10 heteroatoms. The summed E-state index contributed by atoms with van der Waals surface area (Å²) in [6, 6.07) is 17.5. The van der Waals surface area contributed by atoms with Gasteiger partial charge in [0.25, 0.3) is 5.91 Å². The maximum Gasteiger partial charge on any atom is 0.253 e. The SMILES string of the molecule is CCCCCN(C)C(=O)CN1CCN(C(=O)c2ccc(Nc3nccc(-c4ccc(SCCC(C)(C)O)cc4)n3)cc2)CC1. The molecule has 0 bridgehead atoms. The lowest BCUT2D eigenvalue weighted by Crippen LogP contribution is -2.51. The zero-order valence-corrected chi connectivity index (χ0v) is 27.3. The van der Waals surface area contributed by atoms with E-state index in [1.807, 2.05) is 73.2 Å². The van der Waals surface area contributed by atoms with Gasteiger partial charge in [0, 0.05) is 73.4 Å². The molecule has 236 valence electrons. The highest BCUT2D eigenvalue weighted by Crippen LogP contribution is 2.26. The number of nitrogens with zero attached hydrogens (tertiary/aromatic N) is 5. The van der Waals surface area contributed by atoms with Crippen molar-refractivity contribution in [2.24, 2.45) is 0 Å². The zero-order chi connectivity index (χ0) is 31.5. The summed E-state index contributed by atoms with van der Waals surface area (Å²) in [4.78, 5) is 41.7. The Bertz CT molecular complexity index is 1350. The van der Waals surface area contributed by atoms with Crippen molar-refractivity contribution in [1.82, 2.24) is 24.7 Å². The number of anilines is 2. The highest BCUT2D eigenvalue weighted by Gasteiger charge is 2.24. The van der Waals surface area contributed by atoms with Gasteiger partial charge in [-0.3, -0.25) is 14.5 Å². The number of piperazine rings is 1. The molecule has 44 heavy (non-hydrogen) atoms. The van der Waals surface area contributed by atoms with Gasteiger partial charge in [-0.05, 0) is 69.2 Å². The maximum atomic E-state index is 13.2. The molecule has 2 heterocycles. The van der Waals surface area contributed by atoms with Gasteiger partial charge < -0.3 is 20.2 Å². The third-order valence-electron chi connectivity index (χ3n) is 7.72. The van der Waals surface area contributed by atoms with Crippen LogP contribution in [0.25, 0.3) is 11.3 Å². The van der Waals surface area contributed by atoms with E-state index >= 15 is 0 Å². The number of carbonyl (C=O) groups is 2. The number of hydrogen-bond donors (Lipinski definition) is 2. The lowest BCUT2D eigenvalue weighted by atomic mass is 10.1. The molecule has 9 nitrogen and oxygen atoms in total. The van der Waals surface area contributed by atoms with E-state index in [0.29, 0.717) is 44.2 Å². The van der Waals surface area contributed by atoms with Gasteiger partial charge in [-0.25, -0.2) is 9.97 Å². The lowest BCUT2D eigenvalue weighted by molar-refractivity contribution is -0.131. The van der Waals surface area contributed by atoms with Crippen LogP contribution in [0.5, 0.6) is 0 Å². The zero-order valence-electron chi connectivity index (χ0n) is 26.5. The van der Waals surface area contributed by atoms with Crippen molar-refractivity contribution in [2.75, 3.05) is 57.4 Å². The van der Waals surface area contributed by atoms with Crippen LogP contribution in [0.3, 0.4) is 0 Å². The van der Waals surface area contributed by atoms with Crippen LogP contribution in [0.2, 0.25) is 0 Å². The number of rotatable bonds is 14. The number of aromatic nitrogens is 2. The Hall–Kier alpha value is -3.47. The molecule has 1 aliphatic rings. The molecule has 0 saturated carbocycles. The van der Waals surface area contributed by atoms with Crippen molar-refractivity contribution in [2.45, 2.75) is 57.0 Å². The monoisotopic (exact) mass is 618 g/mol. The molecule has 1 aliphatic heterocycles. The fourth-order valence-corrected chi connectivity index (χ4v) is 6.04. The first-order chi connectivity index (χ1) is 21.1. The standard InChI is InChI=1S/C34H46N6O3S/c1-5-6-7-19-38(4)31(41)25-39-20-22-40(23-21-39)32(42)27-8-12-28(13-9-27)36-33-35-18-16-30(37-33)26-10-14-29(15-11-26)44-24-17-34(2,3)43/h8-16,18,43H,5-7,17,19-25H2,1-4H3,(H,35,36,37). The van der Waals surface area contributed by atoms with Crippen molar-refractivity contribution in [3.05, 3.63) is 66.4 Å². The summed E-state index contributed by atoms with van der Waals surface area (Å²) in [5, 5.41) is 13.2. The largest absolute Gasteiger partial charge is 0.390 e. The lowest BCUT2D eigenvalue weighted by Gasteiger charge is -2.35. The minimum atomic E-state index is -0.656. The second-order valence-electron chi connectivity index (χ2n) is 12.0. The number of unbranched alkanes of at least 4 members (excludes halogenated alkanes) is 2. The first-order valence-corrected chi connectivity index (χ1v) is 16.5. The number of nitrogens with one attached hydrogen (secondary N) is 1. The van der Waals surface area contributed by atoms with Crippen LogP contribution in [0.1, 0.15) is 56.8 Å². The van der Waals surface area contributed by atoms with Gasteiger partial charge in [0.15, 0.2) is 0 Å². The molecule has 0 spiro atoms. The Labute approximate surface area is 266 Å². The molecule has 2 amide bonds. The summed E-state index contributed by atoms with van der Waals surface area (Å²) in [7, 11) is 1.88. The van der Waals surface area contributed by atoms with E-state index in [2.05, 4.69) is 39.2 Å². The highest BCUT2D eigenvalue weighted by atomic mass is 32.2. The van der Waals surface area contributed by atoms with E-state index in [4.69, 9.17) is 0 Å². The number of likely N-dealkylation sites (N-methyl/N-ethyl adjacent to an activating group) is 1. The second kappa shape index (κ2) is 16.0. The van der Waals surface area contributed by atoms with Crippen LogP contribution in [0.15, 0.2) is 65.7 Å². The smallest absolute Gasteiger partial charge is 0.253 e. The van der Waals surface area contributed by atoms with E-state index in [-0.39, 0.29) is 11.8 Å². The fourth-order valence-electron chi connectivity index (χ4n) is 4.87. The Kier molecular flexibility index (Phi) is 12.2. The highest BCUT2D eigenvalue weighted by molar-refractivity contribution is 7.99. The number of benzene rings is 2. The van der Waals surface area contributed by atoms with Crippen LogP contribution in [0.4, 0.5) is 11.6 Å². The van der Waals surface area contributed by atoms with E-state index in [1.54, 1.807) is 18.0 Å². The van der Waals surface area contributed by atoms with Crippen LogP contribution in [0, 0.1) is 0 Å². The molecule has 3 aromatic rings. The van der Waals surface area contributed by atoms with Gasteiger partial charge in [0.05, 0.1) is 17.8 Å². The normalized spacial score (nSPS) is 14.0. The number of aliphatic hydroxyl groups is 1. The van der Waals surface area contributed by atoms with Crippen molar-refractivity contribution in [1.29, 1.82) is 0 Å². The quantitative estimate of drug-likeness (QED) is 0.179. The van der Waals surface area contributed by atoms with Gasteiger partial charge in [0.2, 0.25) is 11.9 Å². The van der Waals surface area contributed by atoms with E-state index in [0.717, 1.165) is 59.8 Å². The molecule has 1 aromatic heterocycles. The summed E-state index contributed by atoms with van der Waals surface area (Å²) in [5.74, 6) is 1.47. The van der Waals surface area contributed by atoms with Crippen LogP contribution < -0.4 is 5.32 Å². The van der Waals surface area contributed by atoms with Gasteiger partial charge >= 0.3 is 0 Å². The molecule has 0 aliphatic carbocycles. The summed E-state index contributed by atoms with van der Waals surface area (Å²) < 4.78 is 0. The van der Waals surface area contributed by atoms with Crippen molar-refractivity contribution in [3.63, 3.8) is 0 Å². The van der Waals surface area contributed by atoms with Crippen molar-refractivity contribution >= 4 is 35.2 Å². The van der Waals surface area contributed by atoms with Crippen LogP contribution >= 0.6 is 11.8 Å². The minimum absolute atomic E-state index is 0.000796. The maximum absolute atomic E-state index is 13.2. The summed E-state index contributed by atoms with van der Waals surface area (Å²) in [6.45, 7) is 9.61. The number of thioether (sulfide) groups is 1. The van der Waals surface area contributed by atoms with Crippen LogP contribution in [-0.4, -0.2) is 99.3 Å². The average molecular weight is 619 g/mol. The number of amides is 2. The molecule has 1 saturated heterocycles. The summed E-state index contributed by atoms with van der Waals surface area (Å²) >= 11 is 1.73. The first kappa shape index (κ1) is 33.4. The number of hydrogen-bond acceptors (Lipinski definition) is 8. The van der Waals surface area contributed by atoms with E-state index < -0.39 is 5.60 Å². The Balaban J connectivity index is 1.26. The van der Waals surface area contributed by atoms with Crippen LogP contribution in [-0.2, 0) is 4.79 Å². The predicted octanol–water partition coefficient (Wildman–Crippen LogP) is 5.55. The molecular formula is C34H46N6O3S. The Morgan fingerprint density at radius 2 is 1.70 bits per heavy atom. The molecule has 4 rings (SSSR count). The Morgan fingerprint density at radius 1 is 1.00 bits per heavy atom. The van der Waals surface area contributed by atoms with E-state index in [9.17, 15) is 14.7 Å². The Morgan fingerprint density at radius 3 is 2.36 bits per heavy atom. The minimum Gasteiger partial charge on any atom is -0.390 e. The molecule has 0 atom stereocenters. The summed E-state index contributed by atoms with van der Waals surface area (Å²) in [6.07, 6.45) is 5.77. The van der Waals surface area contributed by atoms with Gasteiger partial charge in [-0.1, -0.05) is 31.9 Å². The van der Waals surface area contributed by atoms with Gasteiger partial charge in [-0.15, -0.1) is 11.8 Å². The molecule has 2 N–H and O–H groups in total. The molecule has 2 aromatic carbocycles. The third kappa shape index (κ3) is 10.3. The van der Waals surface area contributed by atoms with Crippen molar-refractivity contribution < 1.29 is 14.7 Å². The molecule has 0 unspecified atom stereocenters.